The lowest BCUT2D eigenvalue weighted by Crippen LogP contribution is -2.47. The first-order chi connectivity index (χ1) is 24.8. The SMILES string of the molecule is C[C@H](NC(=O)[C@@H]1CCCN1)C(=O)OCCOc1ccc(-c2c(C#N)c(SCc3csc(-c4ccc(Cl)cc4)n3)nc(N3CCCC3)c2C#N)cc1. The Morgan fingerprint density at radius 3 is 2.45 bits per heavy atom. The van der Waals surface area contributed by atoms with Gasteiger partial charge in [-0.1, -0.05) is 47.6 Å². The number of carbonyl (C=O) groups is 2. The van der Waals surface area contributed by atoms with E-state index in [1.165, 1.54) is 11.8 Å². The van der Waals surface area contributed by atoms with Crippen molar-refractivity contribution in [3.8, 4) is 39.6 Å². The van der Waals surface area contributed by atoms with Crippen LogP contribution in [0.25, 0.3) is 21.7 Å². The molecule has 6 rings (SSSR count). The normalized spacial score (nSPS) is 15.9. The Kier molecular flexibility index (Phi) is 12.1. The molecule has 2 aliphatic heterocycles. The van der Waals surface area contributed by atoms with Crippen molar-refractivity contribution in [3.63, 3.8) is 0 Å². The molecule has 0 unspecified atom stereocenters. The van der Waals surface area contributed by atoms with Gasteiger partial charge in [0.15, 0.2) is 0 Å². The van der Waals surface area contributed by atoms with Crippen molar-refractivity contribution < 1.29 is 19.1 Å². The van der Waals surface area contributed by atoms with Crippen molar-refractivity contribution in [2.24, 2.45) is 0 Å². The number of nitrogens with one attached hydrogen (secondary N) is 2. The number of hydrogen-bond acceptors (Lipinski definition) is 12. The molecule has 11 nitrogen and oxygen atoms in total. The minimum Gasteiger partial charge on any atom is -0.490 e. The van der Waals surface area contributed by atoms with Crippen LogP contribution < -0.4 is 20.3 Å². The van der Waals surface area contributed by atoms with Gasteiger partial charge in [-0.05, 0) is 69.0 Å². The van der Waals surface area contributed by atoms with Crippen LogP contribution in [0.1, 0.15) is 49.4 Å². The van der Waals surface area contributed by atoms with Crippen LogP contribution in [-0.4, -0.2) is 66.8 Å². The molecule has 51 heavy (non-hydrogen) atoms. The fourth-order valence-corrected chi connectivity index (χ4v) is 7.91. The number of ether oxygens (including phenoxy) is 2. The zero-order chi connectivity index (χ0) is 35.7. The van der Waals surface area contributed by atoms with Gasteiger partial charge >= 0.3 is 5.97 Å². The van der Waals surface area contributed by atoms with Crippen LogP contribution in [0.3, 0.4) is 0 Å². The summed E-state index contributed by atoms with van der Waals surface area (Å²) in [6.45, 7) is 4.06. The predicted molar refractivity (Wildman–Crippen MR) is 198 cm³/mol. The Balaban J connectivity index is 1.15. The molecule has 0 saturated carbocycles. The zero-order valence-corrected chi connectivity index (χ0v) is 30.4. The van der Waals surface area contributed by atoms with E-state index < -0.39 is 12.0 Å². The highest BCUT2D eigenvalue weighted by molar-refractivity contribution is 7.98. The summed E-state index contributed by atoms with van der Waals surface area (Å²) in [4.78, 5) is 36.5. The van der Waals surface area contributed by atoms with E-state index in [-0.39, 0.29) is 25.2 Å². The number of esters is 1. The third-order valence-corrected chi connectivity index (χ3v) is 10.8. The molecule has 0 bridgehead atoms. The number of thioether (sulfide) groups is 1. The van der Waals surface area contributed by atoms with Crippen LogP contribution >= 0.6 is 34.7 Å². The number of hydrogen-bond donors (Lipinski definition) is 2. The highest BCUT2D eigenvalue weighted by atomic mass is 35.5. The van der Waals surface area contributed by atoms with Crippen molar-refractivity contribution in [2.75, 3.05) is 37.7 Å². The van der Waals surface area contributed by atoms with E-state index >= 15 is 0 Å². The summed E-state index contributed by atoms with van der Waals surface area (Å²) in [6.07, 6.45) is 3.68. The van der Waals surface area contributed by atoms with Gasteiger partial charge in [-0.2, -0.15) is 10.5 Å². The van der Waals surface area contributed by atoms with Gasteiger partial charge in [-0.3, -0.25) is 4.79 Å². The number of rotatable bonds is 13. The first kappa shape index (κ1) is 36.1. The van der Waals surface area contributed by atoms with Crippen LogP contribution in [0.5, 0.6) is 5.75 Å². The first-order valence-corrected chi connectivity index (χ1v) is 19.0. The molecular formula is C37H36ClN7O4S2. The van der Waals surface area contributed by atoms with Crippen LogP contribution in [0.15, 0.2) is 58.9 Å². The lowest BCUT2D eigenvalue weighted by atomic mass is 9.96. The summed E-state index contributed by atoms with van der Waals surface area (Å²) < 4.78 is 11.1. The van der Waals surface area contributed by atoms with E-state index in [0.717, 1.165) is 61.6 Å². The summed E-state index contributed by atoms with van der Waals surface area (Å²) in [5.41, 5.74) is 3.76. The second-order valence-electron chi connectivity index (χ2n) is 12.1. The van der Waals surface area contributed by atoms with Crippen molar-refractivity contribution in [2.45, 2.75) is 55.5 Å². The number of halogens is 1. The summed E-state index contributed by atoms with van der Waals surface area (Å²) in [5.74, 6) is 0.868. The Labute approximate surface area is 309 Å². The Hall–Kier alpha value is -4.66. The number of pyridine rings is 1. The second kappa shape index (κ2) is 17.0. The lowest BCUT2D eigenvalue weighted by molar-refractivity contribution is -0.148. The number of carbonyl (C=O) groups excluding carboxylic acids is 2. The highest BCUT2D eigenvalue weighted by Gasteiger charge is 2.27. The van der Waals surface area contributed by atoms with Gasteiger partial charge in [0, 0.05) is 40.4 Å². The molecule has 2 aliphatic rings. The van der Waals surface area contributed by atoms with Gasteiger partial charge in [-0.25, -0.2) is 14.8 Å². The monoisotopic (exact) mass is 741 g/mol. The molecule has 2 saturated heterocycles. The van der Waals surface area contributed by atoms with E-state index in [4.69, 9.17) is 31.0 Å². The zero-order valence-electron chi connectivity index (χ0n) is 28.0. The van der Waals surface area contributed by atoms with Gasteiger partial charge in [-0.15, -0.1) is 11.3 Å². The fourth-order valence-electron chi connectivity index (χ4n) is 5.98. The molecule has 2 N–H and O–H groups in total. The smallest absolute Gasteiger partial charge is 0.328 e. The van der Waals surface area contributed by atoms with Gasteiger partial charge in [0.1, 0.15) is 58.6 Å². The summed E-state index contributed by atoms with van der Waals surface area (Å²) >= 11 is 9.03. The molecule has 4 aromatic rings. The molecule has 4 heterocycles. The molecule has 14 heteroatoms. The molecule has 2 fully saturated rings. The summed E-state index contributed by atoms with van der Waals surface area (Å²) in [5, 5.41) is 30.8. The summed E-state index contributed by atoms with van der Waals surface area (Å²) in [7, 11) is 0. The topological polar surface area (TPSA) is 153 Å². The van der Waals surface area contributed by atoms with E-state index in [9.17, 15) is 20.1 Å². The minimum absolute atomic E-state index is 0.00392. The highest BCUT2D eigenvalue weighted by Crippen LogP contribution is 2.40. The first-order valence-electron chi connectivity index (χ1n) is 16.7. The lowest BCUT2D eigenvalue weighted by Gasteiger charge is -2.22. The molecule has 262 valence electrons. The van der Waals surface area contributed by atoms with Gasteiger partial charge in [0.25, 0.3) is 0 Å². The molecule has 2 aromatic heterocycles. The molecule has 1 amide bonds. The number of aromatic nitrogens is 2. The number of amides is 1. The number of anilines is 1. The van der Waals surface area contributed by atoms with Crippen LogP contribution in [-0.2, 0) is 20.1 Å². The molecule has 0 spiro atoms. The second-order valence-corrected chi connectivity index (χ2v) is 14.4. The molecule has 0 aliphatic carbocycles. The maximum absolute atomic E-state index is 12.4. The standard InChI is InChI=1S/C37H36ClN7O4S2/c1-23(42-34(46)31-5-4-14-41-31)37(47)49-18-17-48-28-12-8-24(9-13-28)32-29(19-39)33(45-15-2-3-16-45)44-36(30(32)20-40)51-22-27-21-50-35(43-27)25-6-10-26(38)11-7-25/h6-13,21,23,31,41H,2-5,14-18,22H2,1H3,(H,42,46)/t23-,31-/m0/s1. The average molecular weight is 742 g/mol. The third kappa shape index (κ3) is 8.81. The molecule has 2 aromatic carbocycles. The molecule has 2 atom stereocenters. The number of thiazole rings is 1. The van der Waals surface area contributed by atoms with E-state index in [1.54, 1.807) is 30.4 Å². The van der Waals surface area contributed by atoms with Gasteiger partial charge < -0.3 is 25.0 Å². The maximum Gasteiger partial charge on any atom is 0.328 e. The maximum atomic E-state index is 12.4. The van der Waals surface area contributed by atoms with Gasteiger partial charge in [0.2, 0.25) is 5.91 Å². The van der Waals surface area contributed by atoms with E-state index in [0.29, 0.717) is 49.6 Å². The number of nitriles is 2. The van der Waals surface area contributed by atoms with Crippen LogP contribution in [0.4, 0.5) is 5.82 Å². The third-order valence-electron chi connectivity index (χ3n) is 8.60. The molecule has 0 radical (unpaired) electrons. The van der Waals surface area contributed by atoms with Crippen LogP contribution in [0, 0.1) is 22.7 Å². The quantitative estimate of drug-likeness (QED) is 0.0897. The minimum atomic E-state index is -0.773. The van der Waals surface area contributed by atoms with Crippen LogP contribution in [0.2, 0.25) is 5.02 Å². The van der Waals surface area contributed by atoms with Crippen molar-refractivity contribution in [3.05, 3.63) is 75.8 Å². The Bertz CT molecular complexity index is 1950. The number of benzene rings is 2. The largest absolute Gasteiger partial charge is 0.490 e. The summed E-state index contributed by atoms with van der Waals surface area (Å²) in [6, 6.07) is 18.3. The number of nitrogens with zero attached hydrogens (tertiary/aromatic N) is 5. The predicted octanol–water partition coefficient (Wildman–Crippen LogP) is 6.34. The van der Waals surface area contributed by atoms with Crippen molar-refractivity contribution in [1.29, 1.82) is 10.5 Å². The average Bonchev–Trinajstić information content (AvgIpc) is 3.97. The van der Waals surface area contributed by atoms with E-state index in [1.807, 2.05) is 41.8 Å². The van der Waals surface area contributed by atoms with Crippen molar-refractivity contribution in [1.82, 2.24) is 20.6 Å². The molecular weight excluding hydrogens is 706 g/mol. The fraction of sp³-hybridized carbons (Fsp3) is 0.351. The Morgan fingerprint density at radius 2 is 1.76 bits per heavy atom. The van der Waals surface area contributed by atoms with Gasteiger partial charge in [0.05, 0.1) is 17.3 Å². The Morgan fingerprint density at radius 1 is 1.04 bits per heavy atom. The van der Waals surface area contributed by atoms with Crippen molar-refractivity contribution >= 4 is 52.4 Å². The van der Waals surface area contributed by atoms with E-state index in [2.05, 4.69) is 27.7 Å².